The minimum absolute atomic E-state index is 0.168. The van der Waals surface area contributed by atoms with Crippen LogP contribution in [0.15, 0.2) is 53.6 Å². The maximum absolute atomic E-state index is 11.9. The van der Waals surface area contributed by atoms with Gasteiger partial charge in [-0.05, 0) is 43.1 Å². The Labute approximate surface area is 161 Å². The van der Waals surface area contributed by atoms with Crippen molar-refractivity contribution in [3.63, 3.8) is 0 Å². The SMILES string of the molecule is CN1C[C@H]2CCN(c3ccc(-c4cnc(-n5ncccc5=O)s4)cc3)[C@H]2C1. The standard InChI is InChI=1S/C20H21N5OS/c1-23-12-15-8-10-24(17(15)13-23)16-6-4-14(5-7-16)18-11-21-20(27-18)25-19(26)3-2-9-22-25/h2-7,9,11,15,17H,8,10,12-13H2,1H3/t15-,17+/m1/s1. The Kier molecular flexibility index (Phi) is 4.06. The Hall–Kier alpha value is -2.51. The van der Waals surface area contributed by atoms with E-state index in [-0.39, 0.29) is 5.56 Å². The minimum Gasteiger partial charge on any atom is -0.367 e. The predicted octanol–water partition coefficient (Wildman–Crippen LogP) is 2.50. The quantitative estimate of drug-likeness (QED) is 0.700. The molecule has 0 spiro atoms. The summed E-state index contributed by atoms with van der Waals surface area (Å²) >= 11 is 1.48. The molecule has 0 saturated carbocycles. The summed E-state index contributed by atoms with van der Waals surface area (Å²) < 4.78 is 1.34. The summed E-state index contributed by atoms with van der Waals surface area (Å²) in [5.41, 5.74) is 2.25. The zero-order chi connectivity index (χ0) is 18.4. The Balaban J connectivity index is 1.39. The van der Waals surface area contributed by atoms with Gasteiger partial charge in [-0.25, -0.2) is 4.98 Å². The molecule has 2 aliphatic heterocycles. The molecule has 2 atom stereocenters. The first kappa shape index (κ1) is 16.6. The lowest BCUT2D eigenvalue weighted by Crippen LogP contribution is -2.34. The van der Waals surface area contributed by atoms with Crippen molar-refractivity contribution in [2.24, 2.45) is 5.92 Å². The van der Waals surface area contributed by atoms with Crippen LogP contribution in [0.25, 0.3) is 15.6 Å². The molecule has 7 heteroatoms. The van der Waals surface area contributed by atoms with Gasteiger partial charge in [0.15, 0.2) is 0 Å². The summed E-state index contributed by atoms with van der Waals surface area (Å²) in [5, 5.41) is 4.69. The first-order valence-corrected chi connectivity index (χ1v) is 10.1. The van der Waals surface area contributed by atoms with Gasteiger partial charge < -0.3 is 9.80 Å². The van der Waals surface area contributed by atoms with Gasteiger partial charge in [-0.15, -0.1) is 0 Å². The minimum atomic E-state index is -0.168. The summed E-state index contributed by atoms with van der Waals surface area (Å²) in [6, 6.07) is 12.5. The van der Waals surface area contributed by atoms with Crippen molar-refractivity contribution < 1.29 is 0 Å². The lowest BCUT2D eigenvalue weighted by atomic mass is 10.0. The third kappa shape index (κ3) is 2.96. The number of likely N-dealkylation sites (N-methyl/N-ethyl adjacent to an activating group) is 1. The maximum atomic E-state index is 11.9. The molecule has 27 heavy (non-hydrogen) atoms. The first-order valence-electron chi connectivity index (χ1n) is 9.25. The van der Waals surface area contributed by atoms with Crippen LogP contribution in [0.3, 0.4) is 0 Å². The average Bonchev–Trinajstić information content (AvgIpc) is 3.38. The second kappa shape index (κ2) is 6.58. The number of rotatable bonds is 3. The highest BCUT2D eigenvalue weighted by molar-refractivity contribution is 7.17. The third-order valence-corrected chi connectivity index (χ3v) is 6.63. The molecule has 2 fully saturated rings. The van der Waals surface area contributed by atoms with Gasteiger partial charge in [-0.3, -0.25) is 4.79 Å². The molecule has 0 unspecified atom stereocenters. The number of nitrogens with zero attached hydrogens (tertiary/aromatic N) is 5. The number of likely N-dealkylation sites (tertiary alicyclic amines) is 1. The Morgan fingerprint density at radius 1 is 1.15 bits per heavy atom. The summed E-state index contributed by atoms with van der Waals surface area (Å²) in [7, 11) is 2.22. The number of anilines is 1. The lowest BCUT2D eigenvalue weighted by Gasteiger charge is -2.26. The fourth-order valence-corrected chi connectivity index (χ4v) is 5.19. The Bertz CT molecular complexity index is 1010. The number of benzene rings is 1. The molecule has 0 radical (unpaired) electrons. The monoisotopic (exact) mass is 379 g/mol. The third-order valence-electron chi connectivity index (χ3n) is 5.60. The average molecular weight is 379 g/mol. The van der Waals surface area contributed by atoms with Gasteiger partial charge >= 0.3 is 0 Å². The molecule has 1 aromatic carbocycles. The Morgan fingerprint density at radius 2 is 2.00 bits per heavy atom. The molecule has 2 aliphatic rings. The molecular weight excluding hydrogens is 358 g/mol. The van der Waals surface area contributed by atoms with E-state index in [1.807, 2.05) is 6.20 Å². The van der Waals surface area contributed by atoms with Crippen molar-refractivity contribution in [3.8, 4) is 15.6 Å². The van der Waals surface area contributed by atoms with Gasteiger partial charge in [-0.1, -0.05) is 23.5 Å². The van der Waals surface area contributed by atoms with E-state index in [4.69, 9.17) is 0 Å². The van der Waals surface area contributed by atoms with E-state index >= 15 is 0 Å². The van der Waals surface area contributed by atoms with Crippen LogP contribution in [0.2, 0.25) is 0 Å². The van der Waals surface area contributed by atoms with Crippen LogP contribution in [0.4, 0.5) is 5.69 Å². The molecule has 0 amide bonds. The van der Waals surface area contributed by atoms with E-state index < -0.39 is 0 Å². The van der Waals surface area contributed by atoms with Crippen molar-refractivity contribution >= 4 is 17.0 Å². The largest absolute Gasteiger partial charge is 0.367 e. The molecule has 138 valence electrons. The second-order valence-corrected chi connectivity index (χ2v) is 8.37. The van der Waals surface area contributed by atoms with Gasteiger partial charge in [-0.2, -0.15) is 9.78 Å². The van der Waals surface area contributed by atoms with E-state index in [1.165, 1.54) is 40.7 Å². The lowest BCUT2D eigenvalue weighted by molar-refractivity contribution is 0.386. The number of thiazole rings is 1. The van der Waals surface area contributed by atoms with E-state index in [0.717, 1.165) is 29.4 Å². The van der Waals surface area contributed by atoms with Crippen LogP contribution in [0, 0.1) is 5.92 Å². The number of fused-ring (bicyclic) bond motifs is 1. The summed E-state index contributed by atoms with van der Waals surface area (Å²) in [6.07, 6.45) is 4.70. The summed E-state index contributed by atoms with van der Waals surface area (Å²) in [6.45, 7) is 3.52. The summed E-state index contributed by atoms with van der Waals surface area (Å²) in [5.74, 6) is 0.801. The van der Waals surface area contributed by atoms with Crippen LogP contribution in [-0.4, -0.2) is 52.4 Å². The fourth-order valence-electron chi connectivity index (χ4n) is 4.31. The topological polar surface area (TPSA) is 54.3 Å². The molecule has 4 heterocycles. The van der Waals surface area contributed by atoms with Crippen molar-refractivity contribution in [2.75, 3.05) is 31.6 Å². The van der Waals surface area contributed by atoms with Crippen molar-refractivity contribution in [2.45, 2.75) is 12.5 Å². The highest BCUT2D eigenvalue weighted by Crippen LogP contribution is 2.36. The molecule has 0 aliphatic carbocycles. The van der Waals surface area contributed by atoms with Crippen LogP contribution in [0.1, 0.15) is 6.42 Å². The van der Waals surface area contributed by atoms with Crippen molar-refractivity contribution in [1.29, 1.82) is 0 Å². The number of hydrogen-bond donors (Lipinski definition) is 0. The molecule has 5 rings (SSSR count). The zero-order valence-corrected chi connectivity index (χ0v) is 16.0. The normalized spacial score (nSPS) is 22.3. The molecular formula is C20H21N5OS. The van der Waals surface area contributed by atoms with Gasteiger partial charge in [0.05, 0.1) is 4.88 Å². The van der Waals surface area contributed by atoms with Gasteiger partial charge in [0.2, 0.25) is 5.13 Å². The van der Waals surface area contributed by atoms with E-state index in [9.17, 15) is 4.79 Å². The molecule has 2 aromatic heterocycles. The number of aromatic nitrogens is 3. The molecule has 2 saturated heterocycles. The number of hydrogen-bond acceptors (Lipinski definition) is 6. The van der Waals surface area contributed by atoms with E-state index in [1.54, 1.807) is 12.3 Å². The van der Waals surface area contributed by atoms with Crippen LogP contribution in [0.5, 0.6) is 0 Å². The molecule has 0 bridgehead atoms. The highest BCUT2D eigenvalue weighted by Gasteiger charge is 2.39. The van der Waals surface area contributed by atoms with Crippen molar-refractivity contribution in [1.82, 2.24) is 19.7 Å². The first-order chi connectivity index (χ1) is 13.2. The smallest absolute Gasteiger partial charge is 0.273 e. The van der Waals surface area contributed by atoms with Crippen LogP contribution in [-0.2, 0) is 0 Å². The molecule has 0 N–H and O–H groups in total. The maximum Gasteiger partial charge on any atom is 0.273 e. The van der Waals surface area contributed by atoms with Crippen molar-refractivity contribution in [3.05, 3.63) is 59.1 Å². The van der Waals surface area contributed by atoms with E-state index in [2.05, 4.69) is 51.2 Å². The second-order valence-electron chi connectivity index (χ2n) is 7.36. The fraction of sp³-hybridized carbons (Fsp3) is 0.350. The highest BCUT2D eigenvalue weighted by atomic mass is 32.1. The zero-order valence-electron chi connectivity index (χ0n) is 15.2. The van der Waals surface area contributed by atoms with E-state index in [0.29, 0.717) is 11.2 Å². The van der Waals surface area contributed by atoms with Gasteiger partial charge in [0.25, 0.3) is 5.56 Å². The summed E-state index contributed by atoms with van der Waals surface area (Å²) in [4.78, 5) is 22.3. The molecule has 3 aromatic rings. The molecule has 6 nitrogen and oxygen atoms in total. The Morgan fingerprint density at radius 3 is 2.81 bits per heavy atom. The van der Waals surface area contributed by atoms with Gasteiger partial charge in [0.1, 0.15) is 0 Å². The van der Waals surface area contributed by atoms with Crippen LogP contribution < -0.4 is 10.5 Å². The predicted molar refractivity (Wildman–Crippen MR) is 108 cm³/mol. The van der Waals surface area contributed by atoms with Gasteiger partial charge in [0, 0.05) is 49.8 Å². The van der Waals surface area contributed by atoms with Crippen LogP contribution >= 0.6 is 11.3 Å².